The number of sulfonamides is 2. The molecule has 0 fully saturated rings. The van der Waals surface area contributed by atoms with Crippen molar-refractivity contribution in [3.05, 3.63) is 108 Å². The summed E-state index contributed by atoms with van der Waals surface area (Å²) in [5.74, 6) is -0.454. The smallest absolute Gasteiger partial charge is 0.342 e. The molecular formula is C35H30N4O13S4. The van der Waals surface area contributed by atoms with Crippen molar-refractivity contribution in [2.75, 3.05) is 10.6 Å². The van der Waals surface area contributed by atoms with E-state index in [9.17, 15) is 57.8 Å². The van der Waals surface area contributed by atoms with Crippen LogP contribution in [0.25, 0.3) is 21.5 Å². The van der Waals surface area contributed by atoms with E-state index in [1.54, 1.807) is 9.44 Å². The van der Waals surface area contributed by atoms with Crippen molar-refractivity contribution in [2.45, 2.75) is 33.4 Å². The van der Waals surface area contributed by atoms with Crippen LogP contribution in [-0.2, 0) is 40.3 Å². The molecule has 6 aromatic carbocycles. The lowest BCUT2D eigenvalue weighted by Gasteiger charge is -2.16. The molecule has 0 saturated heterocycles. The van der Waals surface area contributed by atoms with E-state index in [0.717, 1.165) is 12.1 Å². The Labute approximate surface area is 320 Å². The summed E-state index contributed by atoms with van der Waals surface area (Å²) in [6.45, 7) is 2.71. The van der Waals surface area contributed by atoms with Crippen LogP contribution in [0.1, 0.15) is 11.1 Å². The van der Waals surface area contributed by atoms with Crippen LogP contribution in [0.4, 0.5) is 27.5 Å². The van der Waals surface area contributed by atoms with Crippen molar-refractivity contribution in [2.24, 2.45) is 0 Å². The normalized spacial score (nSPS) is 12.4. The fraction of sp³-hybridized carbons (Fsp3) is 0.0571. The zero-order valence-corrected chi connectivity index (χ0v) is 32.1. The molecular weight excluding hydrogens is 813 g/mol. The number of hydrogen-bond donors (Lipinski definition) is 8. The zero-order valence-electron chi connectivity index (χ0n) is 28.8. The second-order valence-electron chi connectivity index (χ2n) is 12.3. The standard InChI is InChI=1S/C35H30N4O13S4/c1-19-17-21(36-27-13-11-23-25(5-3-7-29(23)40)33(27)55(47,48)49)9-15-31(19)53(43,44)38-35(42)39-54(45,46)32-16-10-22(18-20(32)2)37-28-14-12-24-26(6-4-8-30(24)41)34(28)56(50,51)52/h3-18,36-37,40-41H,1-2H3,(H2,38,39,42)(H,47,48,49)(H,50,51,52). The fourth-order valence-electron chi connectivity index (χ4n) is 6.12. The van der Waals surface area contributed by atoms with Crippen molar-refractivity contribution in [1.82, 2.24) is 9.44 Å². The quantitative estimate of drug-likeness (QED) is 0.0804. The molecule has 0 radical (unpaired) electrons. The highest BCUT2D eigenvalue weighted by Gasteiger charge is 2.27. The third-order valence-electron chi connectivity index (χ3n) is 8.43. The minimum absolute atomic E-state index is 0.0132. The van der Waals surface area contributed by atoms with Gasteiger partial charge < -0.3 is 20.8 Å². The highest BCUT2D eigenvalue weighted by Crippen LogP contribution is 2.38. The Morgan fingerprint density at radius 2 is 0.875 bits per heavy atom. The van der Waals surface area contributed by atoms with Crippen molar-refractivity contribution >= 4 is 90.6 Å². The Morgan fingerprint density at radius 1 is 0.500 bits per heavy atom. The monoisotopic (exact) mass is 842 g/mol. The van der Waals surface area contributed by atoms with E-state index in [1.165, 1.54) is 98.8 Å². The molecule has 6 rings (SSSR count). The van der Waals surface area contributed by atoms with E-state index in [-0.39, 0.29) is 66.9 Å². The second kappa shape index (κ2) is 14.3. The van der Waals surface area contributed by atoms with Gasteiger partial charge in [0.25, 0.3) is 40.3 Å². The first kappa shape index (κ1) is 39.7. The summed E-state index contributed by atoms with van der Waals surface area (Å²) in [4.78, 5) is 10.8. The summed E-state index contributed by atoms with van der Waals surface area (Å²) in [6, 6.07) is 19.2. The summed E-state index contributed by atoms with van der Waals surface area (Å²) in [5, 5.41) is 26.2. The van der Waals surface area contributed by atoms with Crippen molar-refractivity contribution in [1.29, 1.82) is 0 Å². The predicted molar refractivity (Wildman–Crippen MR) is 206 cm³/mol. The molecule has 0 saturated carbocycles. The Hall–Kier alpha value is -5.97. The van der Waals surface area contributed by atoms with Gasteiger partial charge in [-0.05, 0) is 97.8 Å². The zero-order chi connectivity index (χ0) is 41.0. The third-order valence-corrected chi connectivity index (χ3v) is 13.3. The van der Waals surface area contributed by atoms with Gasteiger partial charge in [0.05, 0.1) is 21.2 Å². The molecule has 0 spiro atoms. The Kier molecular flexibility index (Phi) is 10.1. The number of phenols is 2. The summed E-state index contributed by atoms with van der Waals surface area (Å²) in [7, 11) is -19.1. The molecule has 21 heteroatoms. The van der Waals surface area contributed by atoms with Crippen LogP contribution in [0, 0.1) is 13.8 Å². The Balaban J connectivity index is 1.19. The highest BCUT2D eigenvalue weighted by molar-refractivity contribution is 7.91. The van der Waals surface area contributed by atoms with Gasteiger partial charge in [0.1, 0.15) is 21.3 Å². The number of carbonyl (C=O) groups excluding carboxylic acids is 1. The van der Waals surface area contributed by atoms with Gasteiger partial charge in [0, 0.05) is 32.9 Å². The minimum Gasteiger partial charge on any atom is -0.507 e. The number of phenolic OH excluding ortho intramolecular Hbond substituents is 2. The van der Waals surface area contributed by atoms with Crippen LogP contribution < -0.4 is 20.1 Å². The first-order valence-corrected chi connectivity index (χ1v) is 21.7. The molecule has 0 aliphatic carbocycles. The molecule has 0 heterocycles. The summed E-state index contributed by atoms with van der Waals surface area (Å²) >= 11 is 0. The van der Waals surface area contributed by atoms with Crippen LogP contribution in [0.15, 0.2) is 117 Å². The number of aromatic hydroxyl groups is 2. The number of aryl methyl sites for hydroxylation is 2. The molecule has 0 bridgehead atoms. The van der Waals surface area contributed by atoms with Gasteiger partial charge >= 0.3 is 6.03 Å². The second-order valence-corrected chi connectivity index (χ2v) is 18.3. The Bertz CT molecular complexity index is 2880. The maximum absolute atomic E-state index is 13.2. The van der Waals surface area contributed by atoms with E-state index in [0.29, 0.717) is 0 Å². The number of fused-ring (bicyclic) bond motifs is 2. The van der Waals surface area contributed by atoms with Gasteiger partial charge in [-0.3, -0.25) is 9.11 Å². The van der Waals surface area contributed by atoms with Gasteiger partial charge in [-0.2, -0.15) is 16.8 Å². The van der Waals surface area contributed by atoms with E-state index in [2.05, 4.69) is 10.6 Å². The minimum atomic E-state index is -4.83. The van der Waals surface area contributed by atoms with Gasteiger partial charge in [-0.1, -0.05) is 24.3 Å². The number of carbonyl (C=O) groups is 1. The summed E-state index contributed by atoms with van der Waals surface area (Å²) in [5.41, 5.74) is 0.231. The molecule has 0 aliphatic heterocycles. The van der Waals surface area contributed by atoms with Crippen LogP contribution in [-0.4, -0.2) is 59.0 Å². The maximum Gasteiger partial charge on any atom is 0.342 e. The first-order valence-electron chi connectivity index (χ1n) is 15.9. The number of urea groups is 1. The summed E-state index contributed by atoms with van der Waals surface area (Å²) < 4.78 is 125. The van der Waals surface area contributed by atoms with E-state index in [4.69, 9.17) is 0 Å². The van der Waals surface area contributed by atoms with Gasteiger partial charge in [0.15, 0.2) is 0 Å². The topological polar surface area (TPSA) is 283 Å². The van der Waals surface area contributed by atoms with E-state index >= 15 is 0 Å². The molecule has 0 atom stereocenters. The maximum atomic E-state index is 13.2. The number of anilines is 4. The fourth-order valence-corrected chi connectivity index (χ4v) is 10.2. The lowest BCUT2D eigenvalue weighted by atomic mass is 10.1. The SMILES string of the molecule is Cc1cc(Nc2ccc3c(O)cccc3c2S(=O)(=O)O)ccc1S(=O)(=O)NC(=O)NS(=O)(=O)c1ccc(Nc2ccc3c(O)cccc3c2S(=O)(=O)O)cc1C. The van der Waals surface area contributed by atoms with Crippen molar-refractivity contribution in [3.63, 3.8) is 0 Å². The number of hydrogen-bond acceptors (Lipinski definition) is 13. The molecule has 2 amide bonds. The van der Waals surface area contributed by atoms with Crippen LogP contribution in [0.3, 0.4) is 0 Å². The van der Waals surface area contributed by atoms with E-state index in [1.807, 2.05) is 0 Å². The third kappa shape index (κ3) is 7.89. The number of rotatable bonds is 10. The largest absolute Gasteiger partial charge is 0.507 e. The molecule has 292 valence electrons. The first-order chi connectivity index (χ1) is 26.1. The molecule has 8 N–H and O–H groups in total. The highest BCUT2D eigenvalue weighted by atomic mass is 32.2. The molecule has 0 unspecified atom stereocenters. The van der Waals surface area contributed by atoms with E-state index < -0.39 is 65.9 Å². The lowest BCUT2D eigenvalue weighted by molar-refractivity contribution is 0.250. The lowest BCUT2D eigenvalue weighted by Crippen LogP contribution is -2.42. The van der Waals surface area contributed by atoms with Crippen LogP contribution >= 0.6 is 0 Å². The average molecular weight is 843 g/mol. The Morgan fingerprint density at radius 3 is 1.21 bits per heavy atom. The molecule has 17 nitrogen and oxygen atoms in total. The van der Waals surface area contributed by atoms with Gasteiger partial charge in [-0.15, -0.1) is 0 Å². The average Bonchev–Trinajstić information content (AvgIpc) is 3.06. The predicted octanol–water partition coefficient (Wildman–Crippen LogP) is 5.38. The van der Waals surface area contributed by atoms with Crippen LogP contribution in [0.2, 0.25) is 0 Å². The van der Waals surface area contributed by atoms with Crippen LogP contribution in [0.5, 0.6) is 11.5 Å². The molecule has 6 aromatic rings. The van der Waals surface area contributed by atoms with Crippen molar-refractivity contribution < 1.29 is 57.8 Å². The molecule has 56 heavy (non-hydrogen) atoms. The number of amides is 2. The number of benzene rings is 6. The number of nitrogens with one attached hydrogen (secondary N) is 4. The molecule has 0 aromatic heterocycles. The van der Waals surface area contributed by atoms with Gasteiger partial charge in [-0.25, -0.2) is 31.1 Å². The van der Waals surface area contributed by atoms with Crippen molar-refractivity contribution in [3.8, 4) is 11.5 Å². The summed E-state index contributed by atoms with van der Waals surface area (Å²) in [6.07, 6.45) is 0. The van der Waals surface area contributed by atoms with Gasteiger partial charge in [0.2, 0.25) is 0 Å². The molecule has 0 aliphatic rings.